The zero-order chi connectivity index (χ0) is 30.1. The fourth-order valence-corrected chi connectivity index (χ4v) is 6.39. The lowest BCUT2D eigenvalue weighted by Crippen LogP contribution is -2.27. The Kier molecular flexibility index (Phi) is 11.2. The molecule has 4 aromatic rings. The molecule has 0 bridgehead atoms. The predicted molar refractivity (Wildman–Crippen MR) is 175 cm³/mol. The smallest absolute Gasteiger partial charge is 0.300 e. The quantitative estimate of drug-likeness (QED) is 0.160. The monoisotopic (exact) mass is 603 g/mol. The number of aliphatic hydroxyl groups excluding tert-OH is 1. The molecular weight excluding hydrogens is 566 g/mol. The van der Waals surface area contributed by atoms with Gasteiger partial charge in [-0.25, -0.2) is 4.98 Å². The maximum atomic E-state index is 10.7. The Balaban J connectivity index is 0.000000952. The van der Waals surface area contributed by atoms with Gasteiger partial charge in [-0.05, 0) is 90.8 Å². The molecule has 1 aliphatic carbocycles. The van der Waals surface area contributed by atoms with E-state index in [2.05, 4.69) is 48.6 Å². The number of benzene rings is 3. The summed E-state index contributed by atoms with van der Waals surface area (Å²) in [5.41, 5.74) is 4.94. The minimum atomic E-state index is -1.24. The van der Waals surface area contributed by atoms with Crippen LogP contribution < -0.4 is 0 Å². The largest absolute Gasteiger partial charge is 0.481 e. The second kappa shape index (κ2) is 14.8. The SMILES string of the molecule is CC(=O)O.CC(O)(CO)c1ccccc1CCC(SCC1CC1)c1cccc(/C=C/c2ccc3ccc(Cl)cc3n2)c1. The third-order valence-corrected chi connectivity index (χ3v) is 9.03. The van der Waals surface area contributed by atoms with Gasteiger partial charge in [-0.2, -0.15) is 11.8 Å². The number of aryl methyl sites for hydroxylation is 1. The number of carboxylic acids is 1. The Bertz CT molecular complexity index is 1530. The topological polar surface area (TPSA) is 90.7 Å². The van der Waals surface area contributed by atoms with E-state index in [0.29, 0.717) is 10.3 Å². The summed E-state index contributed by atoms with van der Waals surface area (Å²) in [4.78, 5) is 13.7. The normalized spacial score (nSPS) is 15.2. The number of carboxylic acid groups (broad SMARTS) is 1. The molecule has 2 unspecified atom stereocenters. The number of fused-ring (bicyclic) bond motifs is 1. The van der Waals surface area contributed by atoms with Crippen molar-refractivity contribution in [3.63, 3.8) is 0 Å². The van der Waals surface area contributed by atoms with Crippen molar-refractivity contribution in [1.29, 1.82) is 0 Å². The highest BCUT2D eigenvalue weighted by molar-refractivity contribution is 7.99. The lowest BCUT2D eigenvalue weighted by Gasteiger charge is -2.25. The number of hydrogen-bond acceptors (Lipinski definition) is 5. The molecule has 2 atom stereocenters. The number of halogens is 1. The molecule has 5 nitrogen and oxygen atoms in total. The van der Waals surface area contributed by atoms with E-state index < -0.39 is 11.6 Å². The lowest BCUT2D eigenvalue weighted by atomic mass is 9.89. The van der Waals surface area contributed by atoms with Gasteiger partial charge in [-0.15, -0.1) is 0 Å². The standard InChI is InChI=1S/C33H34ClNO2S.C2H4O2/c1-33(37,22-36)30-8-3-2-6-25(30)14-18-32(38-21-24-9-10-24)27-7-4-5-23(19-27)11-16-29-17-13-26-12-15-28(34)20-31(26)35-29;1-2(3)4/h2-8,11-13,15-17,19-20,24,32,36-37H,9-10,14,18,21-22H2,1H3;1H3,(H,3,4)/b16-11+;. The average molecular weight is 604 g/mol. The van der Waals surface area contributed by atoms with Gasteiger partial charge in [0.1, 0.15) is 5.60 Å². The van der Waals surface area contributed by atoms with Crippen molar-refractivity contribution in [3.05, 3.63) is 112 Å². The molecule has 1 saturated carbocycles. The van der Waals surface area contributed by atoms with Gasteiger partial charge in [0.2, 0.25) is 0 Å². The molecule has 220 valence electrons. The second-order valence-electron chi connectivity index (χ2n) is 11.0. The molecule has 3 N–H and O–H groups in total. The summed E-state index contributed by atoms with van der Waals surface area (Å²) in [6, 6.07) is 26.6. The van der Waals surface area contributed by atoms with Gasteiger partial charge in [-0.3, -0.25) is 4.79 Å². The molecule has 1 aliphatic rings. The number of aromatic nitrogens is 1. The highest BCUT2D eigenvalue weighted by Crippen LogP contribution is 2.41. The van der Waals surface area contributed by atoms with Crippen LogP contribution in [0.25, 0.3) is 23.1 Å². The molecule has 0 saturated heterocycles. The third kappa shape index (κ3) is 9.43. The molecule has 5 rings (SSSR count). The first kappa shape index (κ1) is 31.8. The Hall–Kier alpha value is -3.16. The zero-order valence-corrected chi connectivity index (χ0v) is 25.6. The van der Waals surface area contributed by atoms with Gasteiger partial charge in [0.15, 0.2) is 0 Å². The van der Waals surface area contributed by atoms with Crippen LogP contribution in [0.15, 0.2) is 78.9 Å². The molecule has 42 heavy (non-hydrogen) atoms. The first-order valence-electron chi connectivity index (χ1n) is 14.2. The summed E-state index contributed by atoms with van der Waals surface area (Å²) < 4.78 is 0. The van der Waals surface area contributed by atoms with Crippen LogP contribution in [0.4, 0.5) is 0 Å². The Labute approximate surface area is 257 Å². The van der Waals surface area contributed by atoms with Crippen molar-refractivity contribution >= 4 is 52.4 Å². The van der Waals surface area contributed by atoms with Crippen LogP contribution in [0.5, 0.6) is 0 Å². The predicted octanol–water partition coefficient (Wildman–Crippen LogP) is 8.17. The molecule has 7 heteroatoms. The molecule has 3 aromatic carbocycles. The summed E-state index contributed by atoms with van der Waals surface area (Å²) in [7, 11) is 0. The molecule has 1 aromatic heterocycles. The van der Waals surface area contributed by atoms with Crippen molar-refractivity contribution in [2.75, 3.05) is 12.4 Å². The van der Waals surface area contributed by atoms with Crippen molar-refractivity contribution in [3.8, 4) is 0 Å². The van der Waals surface area contributed by atoms with E-state index in [1.54, 1.807) is 6.92 Å². The molecule has 0 aliphatic heterocycles. The van der Waals surface area contributed by atoms with Crippen LogP contribution >= 0.6 is 23.4 Å². The van der Waals surface area contributed by atoms with Crippen molar-refractivity contribution in [1.82, 2.24) is 4.98 Å². The highest BCUT2D eigenvalue weighted by Gasteiger charge is 2.26. The van der Waals surface area contributed by atoms with E-state index in [1.165, 1.54) is 24.2 Å². The number of pyridine rings is 1. The number of carbonyl (C=O) groups is 1. The van der Waals surface area contributed by atoms with E-state index in [9.17, 15) is 10.2 Å². The number of hydrogen-bond donors (Lipinski definition) is 3. The maximum absolute atomic E-state index is 10.7. The maximum Gasteiger partial charge on any atom is 0.300 e. The van der Waals surface area contributed by atoms with E-state index in [4.69, 9.17) is 26.5 Å². The van der Waals surface area contributed by atoms with E-state index in [-0.39, 0.29) is 6.61 Å². The molecule has 0 radical (unpaired) electrons. The summed E-state index contributed by atoms with van der Waals surface area (Å²) >= 11 is 8.21. The first-order chi connectivity index (χ1) is 20.1. The van der Waals surface area contributed by atoms with Gasteiger partial charge in [-0.1, -0.05) is 78.3 Å². The number of aliphatic hydroxyl groups is 2. The van der Waals surface area contributed by atoms with E-state index >= 15 is 0 Å². The van der Waals surface area contributed by atoms with Gasteiger partial charge in [0.25, 0.3) is 5.97 Å². The number of rotatable bonds is 11. The highest BCUT2D eigenvalue weighted by atomic mass is 35.5. The minimum absolute atomic E-state index is 0.294. The van der Waals surface area contributed by atoms with Crippen LogP contribution in [0, 0.1) is 5.92 Å². The molecule has 0 amide bonds. The van der Waals surface area contributed by atoms with Crippen LogP contribution in [0.2, 0.25) is 5.02 Å². The summed E-state index contributed by atoms with van der Waals surface area (Å²) in [6.07, 6.45) is 8.68. The minimum Gasteiger partial charge on any atom is -0.481 e. The van der Waals surface area contributed by atoms with Crippen molar-refractivity contribution in [2.45, 2.75) is 50.4 Å². The van der Waals surface area contributed by atoms with Gasteiger partial charge in [0, 0.05) is 22.6 Å². The number of nitrogens with zero attached hydrogens (tertiary/aromatic N) is 1. The Morgan fingerprint density at radius 2 is 1.81 bits per heavy atom. The number of aliphatic carboxylic acids is 1. The Morgan fingerprint density at radius 1 is 1.07 bits per heavy atom. The lowest BCUT2D eigenvalue weighted by molar-refractivity contribution is -0.134. The van der Waals surface area contributed by atoms with E-state index in [0.717, 1.165) is 59.0 Å². The van der Waals surface area contributed by atoms with Crippen LogP contribution in [0.3, 0.4) is 0 Å². The summed E-state index contributed by atoms with van der Waals surface area (Å²) in [6.45, 7) is 2.47. The summed E-state index contributed by atoms with van der Waals surface area (Å²) in [5.74, 6) is 1.20. The molecule has 1 heterocycles. The summed E-state index contributed by atoms with van der Waals surface area (Å²) in [5, 5.41) is 30.0. The van der Waals surface area contributed by atoms with Crippen LogP contribution in [0.1, 0.15) is 66.3 Å². The average Bonchev–Trinajstić information content (AvgIpc) is 3.80. The van der Waals surface area contributed by atoms with Crippen molar-refractivity contribution < 1.29 is 20.1 Å². The van der Waals surface area contributed by atoms with Gasteiger partial charge in [0.05, 0.1) is 17.8 Å². The van der Waals surface area contributed by atoms with Crippen molar-refractivity contribution in [2.24, 2.45) is 5.92 Å². The molecule has 0 spiro atoms. The third-order valence-electron chi connectivity index (χ3n) is 7.22. The number of thioether (sulfide) groups is 1. The fourth-order valence-electron chi connectivity index (χ4n) is 4.76. The molecule has 1 fully saturated rings. The van der Waals surface area contributed by atoms with Crippen LogP contribution in [-0.4, -0.2) is 38.6 Å². The van der Waals surface area contributed by atoms with Gasteiger partial charge < -0.3 is 15.3 Å². The van der Waals surface area contributed by atoms with Crippen LogP contribution in [-0.2, 0) is 16.8 Å². The van der Waals surface area contributed by atoms with E-state index in [1.807, 2.05) is 54.2 Å². The fraction of sp³-hybridized carbons (Fsp3) is 0.314. The zero-order valence-electron chi connectivity index (χ0n) is 24.0. The van der Waals surface area contributed by atoms with Gasteiger partial charge >= 0.3 is 0 Å². The second-order valence-corrected chi connectivity index (χ2v) is 12.7. The Morgan fingerprint density at radius 3 is 2.55 bits per heavy atom. The first-order valence-corrected chi connectivity index (χ1v) is 15.6. The molecular formula is C35H38ClNO4S.